The number of aromatic nitrogens is 2. The maximum atomic E-state index is 13.2. The topological polar surface area (TPSA) is 76.4 Å². The summed E-state index contributed by atoms with van der Waals surface area (Å²) in [5.41, 5.74) is 3.23. The zero-order valence-electron chi connectivity index (χ0n) is 17.9. The normalized spacial score (nSPS) is 21.8. The van der Waals surface area contributed by atoms with Crippen LogP contribution in [0, 0.1) is 12.8 Å². The van der Waals surface area contributed by atoms with E-state index in [1.54, 1.807) is 0 Å². The molecule has 2 unspecified atom stereocenters. The van der Waals surface area contributed by atoms with Gasteiger partial charge in [-0.2, -0.15) is 0 Å². The number of carbonyl (C=O) groups is 2. The molecule has 0 bridgehead atoms. The lowest BCUT2D eigenvalue weighted by molar-refractivity contribution is -0.134. The number of aryl methyl sites for hydroxylation is 1. The highest BCUT2D eigenvalue weighted by molar-refractivity contribution is 5.95. The minimum Gasteiger partial charge on any atom is -0.454 e. The van der Waals surface area contributed by atoms with E-state index in [0.29, 0.717) is 31.9 Å². The molecule has 8 nitrogen and oxygen atoms in total. The number of fused-ring (bicyclic) bond motifs is 2. The molecule has 1 aromatic carbocycles. The van der Waals surface area contributed by atoms with Gasteiger partial charge >= 0.3 is 0 Å². The average molecular weight is 432 g/mol. The van der Waals surface area contributed by atoms with E-state index in [1.165, 1.54) is 0 Å². The number of ether oxygens (including phenoxy) is 2. The summed E-state index contributed by atoms with van der Waals surface area (Å²) in [7, 11) is 0. The zero-order valence-corrected chi connectivity index (χ0v) is 17.9. The number of imidazole rings is 1. The van der Waals surface area contributed by atoms with Crippen LogP contribution in [-0.2, 0) is 4.79 Å². The third-order valence-corrected chi connectivity index (χ3v) is 6.72. The molecule has 2 aromatic heterocycles. The van der Waals surface area contributed by atoms with Crippen molar-refractivity contribution in [2.45, 2.75) is 19.3 Å². The minimum absolute atomic E-state index is 0.0126. The largest absolute Gasteiger partial charge is 0.454 e. The number of pyridine rings is 1. The average Bonchev–Trinajstić information content (AvgIpc) is 3.35. The van der Waals surface area contributed by atoms with Gasteiger partial charge < -0.3 is 19.3 Å². The van der Waals surface area contributed by atoms with Crippen molar-refractivity contribution < 1.29 is 19.1 Å². The molecule has 0 spiro atoms. The van der Waals surface area contributed by atoms with Gasteiger partial charge in [0.25, 0.3) is 5.91 Å². The summed E-state index contributed by atoms with van der Waals surface area (Å²) in [6.45, 7) is 4.30. The number of hydrogen-bond donors (Lipinski definition) is 0. The molecule has 2 fully saturated rings. The number of hydrogen-bond acceptors (Lipinski definition) is 5. The van der Waals surface area contributed by atoms with Crippen LogP contribution in [0.2, 0.25) is 0 Å². The number of nitrogens with zero attached hydrogens (tertiary/aromatic N) is 4. The number of benzene rings is 1. The van der Waals surface area contributed by atoms with E-state index in [9.17, 15) is 9.59 Å². The summed E-state index contributed by atoms with van der Waals surface area (Å²) in [6.07, 6.45) is 2.73. The predicted molar refractivity (Wildman–Crippen MR) is 116 cm³/mol. The lowest BCUT2D eigenvalue weighted by atomic mass is 10.1. The first-order valence-corrected chi connectivity index (χ1v) is 11.0. The summed E-state index contributed by atoms with van der Waals surface area (Å²) in [4.78, 5) is 34.5. The van der Waals surface area contributed by atoms with E-state index in [4.69, 9.17) is 9.47 Å². The third kappa shape index (κ3) is 3.09. The molecule has 0 radical (unpaired) electrons. The van der Waals surface area contributed by atoms with Crippen molar-refractivity contribution in [3.8, 4) is 11.5 Å². The van der Waals surface area contributed by atoms with Gasteiger partial charge in [-0.25, -0.2) is 4.98 Å². The van der Waals surface area contributed by atoms with Crippen LogP contribution in [0.25, 0.3) is 5.65 Å². The Kier molecular flexibility index (Phi) is 4.34. The van der Waals surface area contributed by atoms with Crippen molar-refractivity contribution >= 4 is 17.5 Å². The van der Waals surface area contributed by atoms with Crippen molar-refractivity contribution in [3.05, 3.63) is 59.5 Å². The molecule has 3 aliphatic rings. The molecule has 3 aromatic rings. The predicted octanol–water partition coefficient (Wildman–Crippen LogP) is 2.46. The van der Waals surface area contributed by atoms with Gasteiger partial charge in [0.15, 0.2) is 11.5 Å². The standard InChI is InChI=1S/C24H24N4O4/c1-15-22(28-7-3-2-4-21(28)25-15)24(30)27-10-8-26(9-11-27)23(29)18-13-17(18)16-5-6-19-20(12-16)32-14-31-19/h2-7,12,17-18H,8-11,13-14H2,1H3. The Balaban J connectivity index is 1.10. The van der Waals surface area contributed by atoms with Crippen molar-refractivity contribution in [2.75, 3.05) is 33.0 Å². The van der Waals surface area contributed by atoms with Crippen LogP contribution in [0.3, 0.4) is 0 Å². The van der Waals surface area contributed by atoms with Crippen LogP contribution in [0.4, 0.5) is 0 Å². The van der Waals surface area contributed by atoms with Crippen LogP contribution in [0.1, 0.15) is 34.1 Å². The smallest absolute Gasteiger partial charge is 0.272 e. The van der Waals surface area contributed by atoms with E-state index in [2.05, 4.69) is 4.98 Å². The number of piperazine rings is 1. The lowest BCUT2D eigenvalue weighted by Crippen LogP contribution is -2.51. The molecule has 32 heavy (non-hydrogen) atoms. The number of rotatable bonds is 3. The van der Waals surface area contributed by atoms with E-state index in [0.717, 1.165) is 34.8 Å². The first kappa shape index (κ1) is 19.2. The molecule has 6 rings (SSSR count). The Morgan fingerprint density at radius 3 is 2.62 bits per heavy atom. The molecule has 1 aliphatic carbocycles. The van der Waals surface area contributed by atoms with Crippen LogP contribution < -0.4 is 9.47 Å². The SMILES string of the molecule is Cc1nc2ccccn2c1C(=O)N1CCN(C(=O)C2CC2c2ccc3c(c2)OCO3)CC1. The van der Waals surface area contributed by atoms with E-state index in [-0.39, 0.29) is 30.4 Å². The highest BCUT2D eigenvalue weighted by atomic mass is 16.7. The maximum absolute atomic E-state index is 13.2. The molecular formula is C24H24N4O4. The number of amides is 2. The van der Waals surface area contributed by atoms with Gasteiger partial charge in [0.05, 0.1) is 5.69 Å². The van der Waals surface area contributed by atoms with E-state index in [1.807, 2.05) is 63.7 Å². The first-order chi connectivity index (χ1) is 15.6. The second-order valence-electron chi connectivity index (χ2n) is 8.65. The van der Waals surface area contributed by atoms with Gasteiger partial charge in [-0.15, -0.1) is 0 Å². The summed E-state index contributed by atoms with van der Waals surface area (Å²) in [5, 5.41) is 0. The maximum Gasteiger partial charge on any atom is 0.272 e. The van der Waals surface area contributed by atoms with Gasteiger partial charge in [0.1, 0.15) is 11.3 Å². The second kappa shape index (κ2) is 7.25. The van der Waals surface area contributed by atoms with Gasteiger partial charge in [0, 0.05) is 38.3 Å². The Hall–Kier alpha value is -3.55. The summed E-state index contributed by atoms with van der Waals surface area (Å²) in [5.74, 6) is 1.93. The first-order valence-electron chi connectivity index (χ1n) is 11.0. The molecular weight excluding hydrogens is 408 g/mol. The zero-order chi connectivity index (χ0) is 21.8. The van der Waals surface area contributed by atoms with Crippen LogP contribution in [-0.4, -0.2) is 64.0 Å². The summed E-state index contributed by atoms with van der Waals surface area (Å²) >= 11 is 0. The summed E-state index contributed by atoms with van der Waals surface area (Å²) in [6, 6.07) is 11.6. The highest BCUT2D eigenvalue weighted by Gasteiger charge is 2.46. The van der Waals surface area contributed by atoms with Crippen molar-refractivity contribution in [1.82, 2.24) is 19.2 Å². The number of carbonyl (C=O) groups excluding carboxylic acids is 2. The molecule has 1 saturated heterocycles. The fraction of sp³-hybridized carbons (Fsp3) is 0.375. The van der Waals surface area contributed by atoms with Crippen LogP contribution in [0.15, 0.2) is 42.6 Å². The molecule has 8 heteroatoms. The molecule has 2 aliphatic heterocycles. The van der Waals surface area contributed by atoms with Crippen LogP contribution in [0.5, 0.6) is 11.5 Å². The Morgan fingerprint density at radius 2 is 1.78 bits per heavy atom. The molecule has 1 saturated carbocycles. The minimum atomic E-state index is -0.0297. The summed E-state index contributed by atoms with van der Waals surface area (Å²) < 4.78 is 12.7. The molecule has 0 N–H and O–H groups in total. The fourth-order valence-corrected chi connectivity index (χ4v) is 4.87. The van der Waals surface area contributed by atoms with Crippen LogP contribution >= 0.6 is 0 Å². The monoisotopic (exact) mass is 432 g/mol. The van der Waals surface area contributed by atoms with E-state index >= 15 is 0 Å². The third-order valence-electron chi connectivity index (χ3n) is 6.72. The highest BCUT2D eigenvalue weighted by Crippen LogP contribution is 2.50. The van der Waals surface area contributed by atoms with Crippen molar-refractivity contribution in [2.24, 2.45) is 5.92 Å². The van der Waals surface area contributed by atoms with Gasteiger partial charge in [-0.3, -0.25) is 14.0 Å². The quantitative estimate of drug-likeness (QED) is 0.636. The Morgan fingerprint density at radius 1 is 1.00 bits per heavy atom. The van der Waals surface area contributed by atoms with Crippen molar-refractivity contribution in [3.63, 3.8) is 0 Å². The molecule has 164 valence electrons. The fourth-order valence-electron chi connectivity index (χ4n) is 4.87. The van der Waals surface area contributed by atoms with Crippen molar-refractivity contribution in [1.29, 1.82) is 0 Å². The van der Waals surface area contributed by atoms with Gasteiger partial charge in [-0.05, 0) is 49.1 Å². The Bertz CT molecular complexity index is 1230. The molecule has 4 heterocycles. The molecule has 2 amide bonds. The van der Waals surface area contributed by atoms with Gasteiger partial charge in [0.2, 0.25) is 12.7 Å². The Labute approximate surface area is 185 Å². The van der Waals surface area contributed by atoms with E-state index < -0.39 is 0 Å². The second-order valence-corrected chi connectivity index (χ2v) is 8.65. The van der Waals surface area contributed by atoms with Gasteiger partial charge in [-0.1, -0.05) is 12.1 Å². The molecule has 2 atom stereocenters. The lowest BCUT2D eigenvalue weighted by Gasteiger charge is -2.35.